The summed E-state index contributed by atoms with van der Waals surface area (Å²) in [6.45, 7) is 4.14. The average molecular weight is 256 g/mol. The summed E-state index contributed by atoms with van der Waals surface area (Å²) in [7, 11) is 0. The summed E-state index contributed by atoms with van der Waals surface area (Å²) in [4.78, 5) is 11.4. The molecular weight excluding hydrogens is 236 g/mol. The van der Waals surface area contributed by atoms with Crippen molar-refractivity contribution in [1.82, 2.24) is 0 Å². The first-order valence-corrected chi connectivity index (χ1v) is 6.77. The van der Waals surface area contributed by atoms with E-state index in [4.69, 9.17) is 0 Å². The van der Waals surface area contributed by atoms with E-state index in [0.717, 1.165) is 12.0 Å². The zero-order chi connectivity index (χ0) is 13.8. The molecule has 1 atom stereocenters. The Morgan fingerprint density at radius 1 is 1.11 bits per heavy atom. The number of carbonyl (C=O) groups is 1. The molecule has 100 valence electrons. The highest BCUT2D eigenvalue weighted by atomic mass is 16.4. The van der Waals surface area contributed by atoms with Crippen LogP contribution < -0.4 is 0 Å². The van der Waals surface area contributed by atoms with Crippen LogP contribution in [0.3, 0.4) is 0 Å². The van der Waals surface area contributed by atoms with Gasteiger partial charge in [-0.1, -0.05) is 56.3 Å². The molecule has 0 radical (unpaired) electrons. The second-order valence-electron chi connectivity index (χ2n) is 5.51. The molecule has 2 aromatic rings. The molecule has 0 saturated heterocycles. The zero-order valence-corrected chi connectivity index (χ0v) is 11.5. The van der Waals surface area contributed by atoms with Gasteiger partial charge in [-0.2, -0.15) is 0 Å². The highest BCUT2D eigenvalue weighted by Gasteiger charge is 2.20. The van der Waals surface area contributed by atoms with Crippen LogP contribution in [0.4, 0.5) is 0 Å². The van der Waals surface area contributed by atoms with Crippen molar-refractivity contribution in [2.24, 2.45) is 11.8 Å². The van der Waals surface area contributed by atoms with Crippen LogP contribution in [0.1, 0.15) is 25.8 Å². The van der Waals surface area contributed by atoms with Crippen molar-refractivity contribution in [1.29, 1.82) is 0 Å². The molecule has 1 unspecified atom stereocenters. The summed E-state index contributed by atoms with van der Waals surface area (Å²) in [5, 5.41) is 11.7. The molecule has 0 saturated carbocycles. The van der Waals surface area contributed by atoms with E-state index in [1.54, 1.807) is 0 Å². The number of benzene rings is 2. The number of hydrogen-bond donors (Lipinski definition) is 1. The standard InChI is InChI=1S/C17H20O2/c1-12(2)10-15(17(18)19)11-14-8-5-7-13-6-3-4-9-16(13)14/h3-9,12,15H,10-11H2,1-2H3,(H,18,19). The number of fused-ring (bicyclic) bond motifs is 1. The number of carboxylic acid groups (broad SMARTS) is 1. The first-order chi connectivity index (χ1) is 9.08. The van der Waals surface area contributed by atoms with E-state index >= 15 is 0 Å². The molecule has 0 fully saturated rings. The highest BCUT2D eigenvalue weighted by Crippen LogP contribution is 2.24. The van der Waals surface area contributed by atoms with E-state index in [1.165, 1.54) is 10.8 Å². The first-order valence-electron chi connectivity index (χ1n) is 6.77. The quantitative estimate of drug-likeness (QED) is 0.873. The van der Waals surface area contributed by atoms with Gasteiger partial charge in [0.15, 0.2) is 0 Å². The summed E-state index contributed by atoms with van der Waals surface area (Å²) in [5.74, 6) is -0.594. The molecule has 2 rings (SSSR count). The lowest BCUT2D eigenvalue weighted by Gasteiger charge is -2.16. The number of aliphatic carboxylic acids is 1. The molecule has 2 heteroatoms. The van der Waals surface area contributed by atoms with Gasteiger partial charge in [0.05, 0.1) is 5.92 Å². The third-order valence-corrected chi connectivity index (χ3v) is 3.45. The molecule has 0 spiro atoms. The fourth-order valence-electron chi connectivity index (χ4n) is 2.58. The van der Waals surface area contributed by atoms with Gasteiger partial charge in [0.1, 0.15) is 0 Å². The highest BCUT2D eigenvalue weighted by molar-refractivity contribution is 5.86. The third-order valence-electron chi connectivity index (χ3n) is 3.45. The van der Waals surface area contributed by atoms with Gasteiger partial charge in [0.25, 0.3) is 0 Å². The molecule has 0 amide bonds. The Labute approximate surface area is 114 Å². The summed E-state index contributed by atoms with van der Waals surface area (Å²) in [6, 6.07) is 14.3. The smallest absolute Gasteiger partial charge is 0.306 e. The third kappa shape index (κ3) is 3.34. The molecule has 0 aliphatic carbocycles. The molecule has 0 aliphatic heterocycles. The predicted octanol–water partition coefficient (Wildman–Crippen LogP) is 4.13. The van der Waals surface area contributed by atoms with Gasteiger partial charge in [0, 0.05) is 0 Å². The summed E-state index contributed by atoms with van der Waals surface area (Å²) < 4.78 is 0. The predicted molar refractivity (Wildman–Crippen MR) is 78.2 cm³/mol. The lowest BCUT2D eigenvalue weighted by molar-refractivity contribution is -0.142. The second kappa shape index (κ2) is 5.87. The van der Waals surface area contributed by atoms with Gasteiger partial charge < -0.3 is 5.11 Å². The van der Waals surface area contributed by atoms with Crippen LogP contribution in [0.25, 0.3) is 10.8 Å². The average Bonchev–Trinajstić information content (AvgIpc) is 2.37. The summed E-state index contributed by atoms with van der Waals surface area (Å²) >= 11 is 0. The maximum Gasteiger partial charge on any atom is 0.306 e. The Bertz CT molecular complexity index is 567. The van der Waals surface area contributed by atoms with Crippen LogP contribution in [-0.2, 0) is 11.2 Å². The number of carboxylic acids is 1. The lowest BCUT2D eigenvalue weighted by atomic mass is 9.89. The van der Waals surface area contributed by atoms with E-state index in [-0.39, 0.29) is 5.92 Å². The molecule has 2 nitrogen and oxygen atoms in total. The topological polar surface area (TPSA) is 37.3 Å². The van der Waals surface area contributed by atoms with Crippen LogP contribution >= 0.6 is 0 Å². The Balaban J connectivity index is 2.31. The van der Waals surface area contributed by atoms with Crippen LogP contribution in [0.2, 0.25) is 0 Å². The molecule has 2 aromatic carbocycles. The zero-order valence-electron chi connectivity index (χ0n) is 11.5. The Kier molecular flexibility index (Phi) is 4.20. The van der Waals surface area contributed by atoms with Gasteiger partial charge in [-0.15, -0.1) is 0 Å². The van der Waals surface area contributed by atoms with E-state index in [0.29, 0.717) is 12.3 Å². The van der Waals surface area contributed by atoms with Crippen molar-refractivity contribution < 1.29 is 9.90 Å². The molecule has 0 bridgehead atoms. The lowest BCUT2D eigenvalue weighted by Crippen LogP contribution is -2.18. The van der Waals surface area contributed by atoms with Crippen LogP contribution in [0, 0.1) is 11.8 Å². The Morgan fingerprint density at radius 3 is 2.47 bits per heavy atom. The molecular formula is C17H20O2. The first kappa shape index (κ1) is 13.6. The molecule has 0 aliphatic rings. The molecule has 19 heavy (non-hydrogen) atoms. The summed E-state index contributed by atoms with van der Waals surface area (Å²) in [5.41, 5.74) is 1.13. The SMILES string of the molecule is CC(C)CC(Cc1cccc2ccccc12)C(=O)O. The Hall–Kier alpha value is -1.83. The minimum atomic E-state index is -0.693. The summed E-state index contributed by atoms with van der Waals surface area (Å²) in [6.07, 6.45) is 1.33. The van der Waals surface area contributed by atoms with Crippen LogP contribution in [-0.4, -0.2) is 11.1 Å². The number of hydrogen-bond acceptors (Lipinski definition) is 1. The van der Waals surface area contributed by atoms with Crippen molar-refractivity contribution >= 4 is 16.7 Å². The van der Waals surface area contributed by atoms with Crippen molar-refractivity contribution in [3.63, 3.8) is 0 Å². The minimum absolute atomic E-state index is 0.300. The maximum atomic E-state index is 11.4. The molecule has 1 N–H and O–H groups in total. The largest absolute Gasteiger partial charge is 0.481 e. The van der Waals surface area contributed by atoms with E-state index in [2.05, 4.69) is 32.0 Å². The van der Waals surface area contributed by atoms with Crippen molar-refractivity contribution in [3.8, 4) is 0 Å². The molecule has 0 heterocycles. The van der Waals surface area contributed by atoms with Gasteiger partial charge in [-0.25, -0.2) is 0 Å². The van der Waals surface area contributed by atoms with Crippen LogP contribution in [0.5, 0.6) is 0 Å². The monoisotopic (exact) mass is 256 g/mol. The van der Waals surface area contributed by atoms with Crippen molar-refractivity contribution in [2.75, 3.05) is 0 Å². The fourth-order valence-corrected chi connectivity index (χ4v) is 2.58. The second-order valence-corrected chi connectivity index (χ2v) is 5.51. The van der Waals surface area contributed by atoms with Gasteiger partial charge in [-0.3, -0.25) is 4.79 Å². The minimum Gasteiger partial charge on any atom is -0.481 e. The van der Waals surface area contributed by atoms with E-state index in [9.17, 15) is 9.90 Å². The fraction of sp³-hybridized carbons (Fsp3) is 0.353. The van der Waals surface area contributed by atoms with Crippen molar-refractivity contribution in [3.05, 3.63) is 48.0 Å². The van der Waals surface area contributed by atoms with Gasteiger partial charge in [0.2, 0.25) is 0 Å². The Morgan fingerprint density at radius 2 is 1.79 bits per heavy atom. The van der Waals surface area contributed by atoms with Crippen molar-refractivity contribution in [2.45, 2.75) is 26.7 Å². The van der Waals surface area contributed by atoms with Crippen LogP contribution in [0.15, 0.2) is 42.5 Å². The van der Waals surface area contributed by atoms with Gasteiger partial charge in [-0.05, 0) is 35.1 Å². The number of rotatable bonds is 5. The van der Waals surface area contributed by atoms with E-state index in [1.807, 2.05) is 24.3 Å². The molecule has 0 aromatic heterocycles. The normalized spacial score (nSPS) is 12.8. The van der Waals surface area contributed by atoms with Gasteiger partial charge >= 0.3 is 5.97 Å². The van der Waals surface area contributed by atoms with E-state index < -0.39 is 5.97 Å². The maximum absolute atomic E-state index is 11.4.